The number of rotatable bonds is 1. The SMILES string of the molecule is Cc1ccc(-c2nc3nc(N)[nH]c(=O)c3[nH]2)cc1Br. The number of fused-ring (bicyclic) bond motifs is 1. The van der Waals surface area contributed by atoms with Crippen LogP contribution in [0.4, 0.5) is 5.95 Å². The van der Waals surface area contributed by atoms with Gasteiger partial charge in [-0.2, -0.15) is 4.98 Å². The maximum Gasteiger partial charge on any atom is 0.278 e. The maximum absolute atomic E-state index is 11.7. The summed E-state index contributed by atoms with van der Waals surface area (Å²) in [7, 11) is 0. The van der Waals surface area contributed by atoms with Gasteiger partial charge in [0, 0.05) is 10.0 Å². The molecule has 7 heteroatoms. The number of benzene rings is 1. The number of H-pyrrole nitrogens is 2. The summed E-state index contributed by atoms with van der Waals surface area (Å²) in [5, 5.41) is 0. The van der Waals surface area contributed by atoms with E-state index >= 15 is 0 Å². The monoisotopic (exact) mass is 319 g/mol. The molecule has 0 amide bonds. The fraction of sp³-hybridized carbons (Fsp3) is 0.0833. The Balaban J connectivity index is 2.23. The van der Waals surface area contributed by atoms with Gasteiger partial charge in [0.1, 0.15) is 5.82 Å². The van der Waals surface area contributed by atoms with E-state index in [9.17, 15) is 4.79 Å². The van der Waals surface area contributed by atoms with Crippen LogP contribution in [0.25, 0.3) is 22.6 Å². The normalized spacial score (nSPS) is 11.1. The summed E-state index contributed by atoms with van der Waals surface area (Å²) in [5.41, 5.74) is 7.79. The molecule has 2 heterocycles. The molecule has 3 aromatic rings. The van der Waals surface area contributed by atoms with Crippen LogP contribution in [-0.4, -0.2) is 19.9 Å². The summed E-state index contributed by atoms with van der Waals surface area (Å²) >= 11 is 3.47. The van der Waals surface area contributed by atoms with Crippen molar-refractivity contribution in [3.8, 4) is 11.4 Å². The minimum Gasteiger partial charge on any atom is -0.369 e. The number of nitrogens with two attached hydrogens (primary N) is 1. The van der Waals surface area contributed by atoms with Crippen LogP contribution in [0, 0.1) is 6.92 Å². The number of hydrogen-bond acceptors (Lipinski definition) is 4. The third-order valence-corrected chi connectivity index (χ3v) is 3.68. The van der Waals surface area contributed by atoms with Gasteiger partial charge in [0.15, 0.2) is 11.2 Å². The van der Waals surface area contributed by atoms with Crippen LogP contribution in [-0.2, 0) is 0 Å². The van der Waals surface area contributed by atoms with Crippen molar-refractivity contribution in [1.82, 2.24) is 19.9 Å². The van der Waals surface area contributed by atoms with Gasteiger partial charge in [0.05, 0.1) is 0 Å². The molecule has 0 atom stereocenters. The van der Waals surface area contributed by atoms with Crippen molar-refractivity contribution in [2.24, 2.45) is 0 Å². The van der Waals surface area contributed by atoms with Crippen molar-refractivity contribution < 1.29 is 0 Å². The maximum atomic E-state index is 11.7. The number of nitrogens with zero attached hydrogens (tertiary/aromatic N) is 2. The number of anilines is 1. The summed E-state index contributed by atoms with van der Waals surface area (Å²) < 4.78 is 0.979. The Labute approximate surface area is 116 Å². The molecular weight excluding hydrogens is 310 g/mol. The van der Waals surface area contributed by atoms with Gasteiger partial charge in [0.2, 0.25) is 5.95 Å². The molecule has 0 aliphatic rings. The topological polar surface area (TPSA) is 100 Å². The number of halogens is 1. The summed E-state index contributed by atoms with van der Waals surface area (Å²) in [5.74, 6) is 0.639. The molecule has 2 aromatic heterocycles. The number of aryl methyl sites for hydroxylation is 1. The van der Waals surface area contributed by atoms with Gasteiger partial charge in [-0.1, -0.05) is 28.1 Å². The lowest BCUT2D eigenvalue weighted by Crippen LogP contribution is -2.10. The van der Waals surface area contributed by atoms with Gasteiger partial charge in [-0.05, 0) is 18.6 Å². The van der Waals surface area contributed by atoms with Crippen molar-refractivity contribution >= 4 is 33.0 Å². The predicted molar refractivity (Wildman–Crippen MR) is 76.8 cm³/mol. The summed E-state index contributed by atoms with van der Waals surface area (Å²) in [6.45, 7) is 2.00. The lowest BCUT2D eigenvalue weighted by Gasteiger charge is -2.00. The minimum atomic E-state index is -0.326. The summed E-state index contributed by atoms with van der Waals surface area (Å²) in [6, 6.07) is 5.83. The zero-order chi connectivity index (χ0) is 13.6. The van der Waals surface area contributed by atoms with E-state index < -0.39 is 0 Å². The molecule has 3 rings (SSSR count). The highest BCUT2D eigenvalue weighted by Crippen LogP contribution is 2.24. The van der Waals surface area contributed by atoms with Gasteiger partial charge in [-0.3, -0.25) is 9.78 Å². The molecule has 0 saturated heterocycles. The van der Waals surface area contributed by atoms with Crippen LogP contribution >= 0.6 is 15.9 Å². The van der Waals surface area contributed by atoms with E-state index in [4.69, 9.17) is 5.73 Å². The van der Waals surface area contributed by atoms with Gasteiger partial charge >= 0.3 is 0 Å². The number of aromatic nitrogens is 4. The number of nitrogen functional groups attached to an aromatic ring is 1. The second kappa shape index (κ2) is 4.20. The highest BCUT2D eigenvalue weighted by Gasteiger charge is 2.10. The van der Waals surface area contributed by atoms with Crippen molar-refractivity contribution in [3.05, 3.63) is 38.6 Å². The summed E-state index contributed by atoms with van der Waals surface area (Å²) in [6.07, 6.45) is 0. The Hall–Kier alpha value is -2.15. The van der Waals surface area contributed by atoms with Crippen molar-refractivity contribution in [1.29, 1.82) is 0 Å². The highest BCUT2D eigenvalue weighted by molar-refractivity contribution is 9.10. The average Bonchev–Trinajstić information content (AvgIpc) is 2.76. The fourth-order valence-electron chi connectivity index (χ4n) is 1.80. The number of hydrogen-bond donors (Lipinski definition) is 3. The molecule has 0 saturated carbocycles. The van der Waals surface area contributed by atoms with E-state index in [0.29, 0.717) is 17.0 Å². The van der Waals surface area contributed by atoms with E-state index in [1.54, 1.807) is 0 Å². The third-order valence-electron chi connectivity index (χ3n) is 2.83. The zero-order valence-electron chi connectivity index (χ0n) is 9.99. The van der Waals surface area contributed by atoms with Gasteiger partial charge in [-0.25, -0.2) is 4.98 Å². The molecule has 19 heavy (non-hydrogen) atoms. The first-order valence-corrected chi connectivity index (χ1v) is 6.36. The van der Waals surface area contributed by atoms with Crippen LogP contribution in [0.15, 0.2) is 27.5 Å². The first kappa shape index (κ1) is 11.9. The van der Waals surface area contributed by atoms with Gasteiger partial charge < -0.3 is 10.7 Å². The van der Waals surface area contributed by atoms with E-state index in [1.807, 2.05) is 25.1 Å². The molecule has 0 aliphatic carbocycles. The molecule has 96 valence electrons. The minimum absolute atomic E-state index is 0.0561. The lowest BCUT2D eigenvalue weighted by atomic mass is 10.1. The molecule has 0 spiro atoms. The molecule has 1 aromatic carbocycles. The number of imidazole rings is 1. The largest absolute Gasteiger partial charge is 0.369 e. The Kier molecular flexibility index (Phi) is 2.63. The van der Waals surface area contributed by atoms with Crippen LogP contribution in [0.1, 0.15) is 5.56 Å². The standard InChI is InChI=1S/C12H10BrN5O/c1-5-2-3-6(4-7(5)13)9-15-8-10(16-9)17-12(14)18-11(8)19/h2-4H,1H3,(H4,14,15,16,17,18,19). The molecule has 0 fully saturated rings. The molecule has 0 radical (unpaired) electrons. The van der Waals surface area contributed by atoms with E-state index in [2.05, 4.69) is 35.9 Å². The highest BCUT2D eigenvalue weighted by atomic mass is 79.9. The number of aromatic amines is 2. The van der Waals surface area contributed by atoms with E-state index in [0.717, 1.165) is 15.6 Å². The van der Waals surface area contributed by atoms with Gasteiger partial charge in [-0.15, -0.1) is 0 Å². The Morgan fingerprint density at radius 1 is 1.26 bits per heavy atom. The summed E-state index contributed by atoms with van der Waals surface area (Å²) in [4.78, 5) is 25.4. The van der Waals surface area contributed by atoms with Crippen LogP contribution < -0.4 is 11.3 Å². The second-order valence-corrected chi connectivity index (χ2v) is 5.05. The van der Waals surface area contributed by atoms with Crippen LogP contribution in [0.2, 0.25) is 0 Å². The van der Waals surface area contributed by atoms with Crippen molar-refractivity contribution in [3.63, 3.8) is 0 Å². The van der Waals surface area contributed by atoms with Crippen LogP contribution in [0.5, 0.6) is 0 Å². The number of nitrogens with one attached hydrogen (secondary N) is 2. The second-order valence-electron chi connectivity index (χ2n) is 4.20. The third kappa shape index (κ3) is 2.01. The van der Waals surface area contributed by atoms with Gasteiger partial charge in [0.25, 0.3) is 5.56 Å². The van der Waals surface area contributed by atoms with E-state index in [1.165, 1.54) is 0 Å². The molecule has 4 N–H and O–H groups in total. The Bertz CT molecular complexity index is 836. The first-order valence-electron chi connectivity index (χ1n) is 5.56. The first-order chi connectivity index (χ1) is 9.04. The van der Waals surface area contributed by atoms with E-state index in [-0.39, 0.29) is 11.5 Å². The molecule has 6 nitrogen and oxygen atoms in total. The molecule has 0 aliphatic heterocycles. The molecular formula is C12H10BrN5O. The predicted octanol–water partition coefficient (Wildman–Crippen LogP) is 1.97. The molecule has 0 bridgehead atoms. The fourth-order valence-corrected chi connectivity index (χ4v) is 2.18. The zero-order valence-corrected chi connectivity index (χ0v) is 11.6. The molecule has 0 unspecified atom stereocenters. The quantitative estimate of drug-likeness (QED) is 0.638. The van der Waals surface area contributed by atoms with Crippen molar-refractivity contribution in [2.45, 2.75) is 6.92 Å². The Morgan fingerprint density at radius 2 is 2.05 bits per heavy atom. The average molecular weight is 320 g/mol. The smallest absolute Gasteiger partial charge is 0.278 e. The van der Waals surface area contributed by atoms with Crippen LogP contribution in [0.3, 0.4) is 0 Å². The Morgan fingerprint density at radius 3 is 2.79 bits per heavy atom. The lowest BCUT2D eigenvalue weighted by molar-refractivity contribution is 1.17. The van der Waals surface area contributed by atoms with Crippen molar-refractivity contribution in [2.75, 3.05) is 5.73 Å².